The minimum absolute atomic E-state index is 0.0237. The van der Waals surface area contributed by atoms with Crippen LogP contribution >= 0.6 is 0 Å². The summed E-state index contributed by atoms with van der Waals surface area (Å²) in [4.78, 5) is -1.97. The highest BCUT2D eigenvalue weighted by Crippen LogP contribution is 2.72. The third-order valence-corrected chi connectivity index (χ3v) is 14.6. The number of hydrogen-bond acceptors (Lipinski definition) is 10. The Morgan fingerprint density at radius 2 is 0.863 bits per heavy atom. The van der Waals surface area contributed by atoms with Crippen molar-refractivity contribution in [2.24, 2.45) is 0 Å². The van der Waals surface area contributed by atoms with E-state index in [-0.39, 0.29) is 54.3 Å². The van der Waals surface area contributed by atoms with Gasteiger partial charge in [-0.1, -0.05) is 48.5 Å². The molecule has 1 spiro atoms. The fraction of sp³-hybridized carbons (Fsp3) is 0.0968. The molecule has 4 aliphatic rings. The first-order chi connectivity index (χ1) is 23.6. The quantitative estimate of drug-likeness (QED) is 0.142. The molecule has 0 amide bonds. The molecule has 0 unspecified atom stereocenters. The predicted octanol–water partition coefficient (Wildman–Crippen LogP) is 5.77. The Morgan fingerprint density at radius 1 is 0.510 bits per heavy atom. The Balaban J connectivity index is 1.42. The maximum absolute atomic E-state index is 14.3. The molecule has 0 saturated heterocycles. The van der Waals surface area contributed by atoms with E-state index in [2.05, 4.69) is 8.37 Å². The zero-order valence-corrected chi connectivity index (χ0v) is 27.8. The summed E-state index contributed by atoms with van der Waals surface area (Å²) in [5.74, 6) is -1.94. The van der Waals surface area contributed by atoms with Crippen molar-refractivity contribution in [3.05, 3.63) is 118 Å². The fourth-order valence-corrected chi connectivity index (χ4v) is 12.0. The predicted molar refractivity (Wildman–Crippen MR) is 166 cm³/mol. The number of fused-ring (bicyclic) bond motifs is 12. The van der Waals surface area contributed by atoms with Gasteiger partial charge < -0.3 is 8.37 Å². The van der Waals surface area contributed by atoms with Gasteiger partial charge in [-0.3, -0.25) is 0 Å². The molecule has 10 nitrogen and oxygen atoms in total. The van der Waals surface area contributed by atoms with Gasteiger partial charge in [-0.25, -0.2) is 16.8 Å². The van der Waals surface area contributed by atoms with Crippen molar-refractivity contribution in [2.75, 3.05) is 0 Å². The van der Waals surface area contributed by atoms with Gasteiger partial charge in [-0.15, -0.1) is 0 Å². The van der Waals surface area contributed by atoms with Crippen LogP contribution in [0.1, 0.15) is 33.4 Å². The number of halogens is 6. The first-order valence-electron chi connectivity index (χ1n) is 14.1. The molecule has 264 valence electrons. The second kappa shape index (κ2) is 9.81. The van der Waals surface area contributed by atoms with Crippen molar-refractivity contribution in [1.29, 1.82) is 0 Å². The summed E-state index contributed by atoms with van der Waals surface area (Å²) < 4.78 is 192. The molecule has 0 aromatic heterocycles. The van der Waals surface area contributed by atoms with Crippen LogP contribution in [0.25, 0.3) is 21.0 Å². The smallest absolute Gasteiger partial charge is 0.376 e. The van der Waals surface area contributed by atoms with Gasteiger partial charge in [-0.2, -0.15) is 43.2 Å². The van der Waals surface area contributed by atoms with Crippen molar-refractivity contribution >= 4 is 60.9 Å². The van der Waals surface area contributed by atoms with Crippen LogP contribution in [0.2, 0.25) is 0 Å². The highest BCUT2D eigenvalue weighted by molar-refractivity contribution is 8.02. The van der Waals surface area contributed by atoms with Crippen molar-refractivity contribution in [3.8, 4) is 11.5 Å². The number of hydrogen-bond donors (Lipinski definition) is 0. The van der Waals surface area contributed by atoms with Crippen LogP contribution in [-0.4, -0.2) is 44.7 Å². The molecule has 2 aliphatic heterocycles. The van der Waals surface area contributed by atoms with Crippen LogP contribution < -0.4 is 8.37 Å². The van der Waals surface area contributed by atoms with Gasteiger partial charge in [0.25, 0.3) is 0 Å². The van der Waals surface area contributed by atoms with Crippen LogP contribution in [-0.2, 0) is 45.3 Å². The van der Waals surface area contributed by atoms with E-state index in [1.54, 1.807) is 24.3 Å². The van der Waals surface area contributed by atoms with E-state index in [0.717, 1.165) is 24.3 Å². The topological polar surface area (TPSA) is 155 Å². The van der Waals surface area contributed by atoms with Crippen LogP contribution in [0.3, 0.4) is 0 Å². The maximum Gasteiger partial charge on any atom is 0.534 e. The van der Waals surface area contributed by atoms with Crippen molar-refractivity contribution in [2.45, 2.75) is 26.2 Å². The van der Waals surface area contributed by atoms with E-state index < -0.39 is 77.6 Å². The number of allylic oxidation sites excluding steroid dienone is 2. The molecule has 0 radical (unpaired) electrons. The molecule has 4 aromatic rings. The van der Waals surface area contributed by atoms with E-state index >= 15 is 0 Å². The lowest BCUT2D eigenvalue weighted by atomic mass is 9.66. The number of sulfone groups is 2. The van der Waals surface area contributed by atoms with E-state index in [4.69, 9.17) is 0 Å². The first-order valence-corrected chi connectivity index (χ1v) is 19.8. The normalized spacial score (nSPS) is 18.9. The average Bonchev–Trinajstić information content (AvgIpc) is 3.66. The monoisotopic (exact) mass is 788 g/mol. The molecule has 0 saturated carbocycles. The Kier molecular flexibility index (Phi) is 6.44. The summed E-state index contributed by atoms with van der Waals surface area (Å²) in [7, 11) is -21.8. The summed E-state index contributed by atoms with van der Waals surface area (Å²) in [6, 6.07) is 17.0. The van der Waals surface area contributed by atoms with E-state index in [0.29, 0.717) is 12.1 Å². The van der Waals surface area contributed by atoms with Crippen LogP contribution in [0.4, 0.5) is 26.3 Å². The Labute approximate surface area is 284 Å². The van der Waals surface area contributed by atoms with E-state index in [9.17, 15) is 60.0 Å². The molecule has 0 bridgehead atoms. The average molecular weight is 789 g/mol. The third-order valence-electron chi connectivity index (χ3n) is 8.90. The van der Waals surface area contributed by atoms with Crippen LogP contribution in [0.5, 0.6) is 11.5 Å². The van der Waals surface area contributed by atoms with Crippen molar-refractivity contribution < 1.29 is 68.4 Å². The summed E-state index contributed by atoms with van der Waals surface area (Å²) in [5, 5.41) is 0. The number of alkyl halides is 6. The largest absolute Gasteiger partial charge is 0.534 e. The molecule has 0 N–H and O–H groups in total. The van der Waals surface area contributed by atoms with Crippen molar-refractivity contribution in [1.82, 2.24) is 0 Å². The maximum atomic E-state index is 14.3. The lowest BCUT2D eigenvalue weighted by Crippen LogP contribution is -2.28. The molecule has 4 aromatic carbocycles. The minimum atomic E-state index is -6.21. The number of benzene rings is 4. The lowest BCUT2D eigenvalue weighted by molar-refractivity contribution is -0.0504. The molecule has 51 heavy (non-hydrogen) atoms. The zero-order chi connectivity index (χ0) is 36.9. The van der Waals surface area contributed by atoms with E-state index in [1.807, 2.05) is 0 Å². The van der Waals surface area contributed by atoms with Crippen molar-refractivity contribution in [3.63, 3.8) is 0 Å². The molecule has 2 heterocycles. The summed E-state index contributed by atoms with van der Waals surface area (Å²) in [5.41, 5.74) is -13.1. The molecule has 0 fully saturated rings. The summed E-state index contributed by atoms with van der Waals surface area (Å²) in [6.45, 7) is 0. The zero-order valence-electron chi connectivity index (χ0n) is 24.6. The molecule has 8 rings (SSSR count). The Hall–Kier alpha value is -4.66. The second-order valence-corrected chi connectivity index (χ2v) is 18.3. The minimum Gasteiger partial charge on any atom is -0.376 e. The highest BCUT2D eigenvalue weighted by Gasteiger charge is 2.63. The Morgan fingerprint density at radius 3 is 1.22 bits per heavy atom. The molecular weight excluding hydrogens is 775 g/mol. The van der Waals surface area contributed by atoms with Gasteiger partial charge in [0, 0.05) is 12.1 Å². The van der Waals surface area contributed by atoms with Crippen LogP contribution in [0, 0.1) is 0 Å². The third kappa shape index (κ3) is 4.14. The number of rotatable bonds is 4. The standard InChI is InChI=1S/C31H14F6O10S4/c32-30(33,34)50(42,43)46-15-9-11-19-23(13-15)48(38,39)27-17-5-1-3-7-21(17)29(25(19)27)22-8-4-2-6-18(22)28-26(29)20-12-10-16(14-24(20)49(28,40)41)47-51(44,45)31(35,36)37/h1-14H. The van der Waals surface area contributed by atoms with Gasteiger partial charge in [0.05, 0.1) is 25.0 Å². The fourth-order valence-electron chi connectivity index (χ4n) is 7.18. The van der Waals surface area contributed by atoms with Gasteiger partial charge in [-0.05, 0) is 68.8 Å². The molecular formula is C31H14F6O10S4. The van der Waals surface area contributed by atoms with Gasteiger partial charge >= 0.3 is 31.3 Å². The van der Waals surface area contributed by atoms with Crippen LogP contribution in [0.15, 0.2) is 94.7 Å². The Bertz CT molecular complexity index is 2640. The molecule has 2 aliphatic carbocycles. The first kappa shape index (κ1) is 33.5. The highest BCUT2D eigenvalue weighted by atomic mass is 32.2. The summed E-state index contributed by atoms with van der Waals surface area (Å²) >= 11 is 0. The van der Waals surface area contributed by atoms with Gasteiger partial charge in [0.2, 0.25) is 19.7 Å². The summed E-state index contributed by atoms with van der Waals surface area (Å²) in [6.07, 6.45) is 0. The lowest BCUT2D eigenvalue weighted by Gasteiger charge is -2.34. The molecule has 0 atom stereocenters. The van der Waals surface area contributed by atoms with Gasteiger partial charge in [0.15, 0.2) is 0 Å². The SMILES string of the molecule is O=S1(=O)C2=C(c3ccc(OS(=O)(=O)C(F)(F)F)cc31)C1(C3=C(c4ccccc41)S(=O)(=O)c1cc(OS(=O)(=O)C(F)(F)F)ccc13)c1ccccc12. The van der Waals surface area contributed by atoms with E-state index in [1.165, 1.54) is 24.3 Å². The molecule has 20 heteroatoms. The van der Waals surface area contributed by atoms with Gasteiger partial charge in [0.1, 0.15) is 11.5 Å². The second-order valence-electron chi connectivity index (χ2n) is 11.5.